The summed E-state index contributed by atoms with van der Waals surface area (Å²) in [7, 11) is 1.59. The summed E-state index contributed by atoms with van der Waals surface area (Å²) in [6.45, 7) is 2.24. The third-order valence-electron chi connectivity index (χ3n) is 2.46. The molecule has 0 heterocycles. The number of carboxylic acids is 1. The molecule has 0 spiro atoms. The van der Waals surface area contributed by atoms with E-state index in [0.29, 0.717) is 26.4 Å². The second-order valence-corrected chi connectivity index (χ2v) is 4.01. The molecule has 0 aliphatic carbocycles. The van der Waals surface area contributed by atoms with Crippen molar-refractivity contribution >= 4 is 5.97 Å². The molecule has 1 aromatic carbocycles. The number of aromatic carboxylic acids is 1. The van der Waals surface area contributed by atoms with Crippen LogP contribution < -0.4 is 4.74 Å². The Hall–Kier alpha value is -1.70. The highest BCUT2D eigenvalue weighted by atomic mass is 19.1. The minimum Gasteiger partial charge on any atom is -0.490 e. The van der Waals surface area contributed by atoms with Gasteiger partial charge < -0.3 is 24.1 Å². The predicted octanol–water partition coefficient (Wildman–Crippen LogP) is 1.58. The maximum Gasteiger partial charge on any atom is 0.339 e. The van der Waals surface area contributed by atoms with Gasteiger partial charge in [0.1, 0.15) is 23.7 Å². The van der Waals surface area contributed by atoms with Gasteiger partial charge in [0, 0.05) is 13.2 Å². The zero-order valence-corrected chi connectivity index (χ0v) is 11.8. The van der Waals surface area contributed by atoms with E-state index in [1.807, 2.05) is 0 Å². The lowest BCUT2D eigenvalue weighted by Crippen LogP contribution is -2.13. The Kier molecular flexibility index (Phi) is 8.34. The van der Waals surface area contributed by atoms with E-state index in [2.05, 4.69) is 0 Å². The van der Waals surface area contributed by atoms with Crippen LogP contribution >= 0.6 is 0 Å². The van der Waals surface area contributed by atoms with Crippen molar-refractivity contribution in [2.24, 2.45) is 0 Å². The molecule has 0 atom stereocenters. The van der Waals surface area contributed by atoms with E-state index in [9.17, 15) is 9.18 Å². The summed E-state index contributed by atoms with van der Waals surface area (Å²) < 4.78 is 33.5. The van der Waals surface area contributed by atoms with Crippen LogP contribution in [0.5, 0.6) is 5.75 Å². The van der Waals surface area contributed by atoms with Crippen molar-refractivity contribution in [2.75, 3.05) is 46.8 Å². The van der Waals surface area contributed by atoms with Gasteiger partial charge in [0.15, 0.2) is 0 Å². The first-order valence-electron chi connectivity index (χ1n) is 6.45. The summed E-state index contributed by atoms with van der Waals surface area (Å²) in [5, 5.41) is 8.94. The predicted molar refractivity (Wildman–Crippen MR) is 72.4 cm³/mol. The van der Waals surface area contributed by atoms with Gasteiger partial charge in [0.2, 0.25) is 0 Å². The molecule has 0 fully saturated rings. The number of rotatable bonds is 11. The van der Waals surface area contributed by atoms with E-state index in [1.165, 1.54) is 0 Å². The van der Waals surface area contributed by atoms with Gasteiger partial charge in [-0.1, -0.05) is 0 Å². The maximum atomic E-state index is 13.1. The first-order valence-corrected chi connectivity index (χ1v) is 6.45. The lowest BCUT2D eigenvalue weighted by atomic mass is 10.2. The molecule has 0 unspecified atom stereocenters. The van der Waals surface area contributed by atoms with E-state index in [4.69, 9.17) is 24.1 Å². The van der Waals surface area contributed by atoms with Crippen LogP contribution in [0, 0.1) is 5.82 Å². The molecule has 0 saturated heterocycles. The number of carboxylic acid groups (broad SMARTS) is 1. The van der Waals surface area contributed by atoms with Crippen LogP contribution in [0.1, 0.15) is 10.4 Å². The number of hydrogen-bond acceptors (Lipinski definition) is 5. The normalized spacial score (nSPS) is 10.6. The van der Waals surface area contributed by atoms with Crippen LogP contribution in [-0.4, -0.2) is 57.8 Å². The fraction of sp³-hybridized carbons (Fsp3) is 0.500. The fourth-order valence-corrected chi connectivity index (χ4v) is 1.47. The Bertz CT molecular complexity index is 437. The molecule has 1 aromatic rings. The van der Waals surface area contributed by atoms with Gasteiger partial charge >= 0.3 is 5.97 Å². The molecule has 1 rings (SSSR count). The lowest BCUT2D eigenvalue weighted by molar-refractivity contribution is 0.0178. The van der Waals surface area contributed by atoms with E-state index in [-0.39, 0.29) is 24.5 Å². The average Bonchev–Trinajstić information content (AvgIpc) is 2.45. The number of carbonyl (C=O) groups is 1. The average molecular weight is 302 g/mol. The molecular weight excluding hydrogens is 283 g/mol. The zero-order chi connectivity index (χ0) is 15.5. The van der Waals surface area contributed by atoms with Crippen LogP contribution in [0.15, 0.2) is 18.2 Å². The third-order valence-corrected chi connectivity index (χ3v) is 2.46. The van der Waals surface area contributed by atoms with Crippen LogP contribution in [0.3, 0.4) is 0 Å². The first-order chi connectivity index (χ1) is 10.1. The molecular formula is C14H19FO6. The van der Waals surface area contributed by atoms with Crippen molar-refractivity contribution in [2.45, 2.75) is 0 Å². The van der Waals surface area contributed by atoms with Gasteiger partial charge in [0.25, 0.3) is 0 Å². The molecule has 0 aliphatic heterocycles. The number of halogens is 1. The van der Waals surface area contributed by atoms with Crippen molar-refractivity contribution in [3.63, 3.8) is 0 Å². The number of methoxy groups -OCH3 is 1. The van der Waals surface area contributed by atoms with Gasteiger partial charge in [-0.25, -0.2) is 9.18 Å². The molecule has 0 aliphatic rings. The van der Waals surface area contributed by atoms with Gasteiger partial charge in [-0.05, 0) is 12.1 Å². The number of benzene rings is 1. The Morgan fingerprint density at radius 2 is 1.71 bits per heavy atom. The number of hydrogen-bond donors (Lipinski definition) is 1. The first kappa shape index (κ1) is 17.4. The van der Waals surface area contributed by atoms with Crippen molar-refractivity contribution in [3.8, 4) is 5.75 Å². The molecule has 0 bridgehead atoms. The lowest BCUT2D eigenvalue weighted by Gasteiger charge is -2.10. The van der Waals surface area contributed by atoms with E-state index in [1.54, 1.807) is 7.11 Å². The standard InChI is InChI=1S/C14H19FO6/c1-18-4-5-19-6-7-20-8-9-21-13-10-11(15)2-3-12(13)14(16)17/h2-3,10H,4-9H2,1H3,(H,16,17). The summed E-state index contributed by atoms with van der Waals surface area (Å²) in [6, 6.07) is 3.28. The smallest absolute Gasteiger partial charge is 0.339 e. The zero-order valence-electron chi connectivity index (χ0n) is 11.8. The second-order valence-electron chi connectivity index (χ2n) is 4.01. The third kappa shape index (κ3) is 7.03. The monoisotopic (exact) mass is 302 g/mol. The summed E-state index contributed by atoms with van der Waals surface area (Å²) in [5.41, 5.74) is -0.0840. The molecule has 118 valence electrons. The SMILES string of the molecule is COCCOCCOCCOc1cc(F)ccc1C(=O)O. The van der Waals surface area contributed by atoms with Crippen LogP contribution in [0.4, 0.5) is 4.39 Å². The van der Waals surface area contributed by atoms with E-state index < -0.39 is 11.8 Å². The van der Waals surface area contributed by atoms with E-state index in [0.717, 1.165) is 18.2 Å². The maximum absolute atomic E-state index is 13.1. The van der Waals surface area contributed by atoms with Crippen molar-refractivity contribution < 1.29 is 33.2 Å². The highest BCUT2D eigenvalue weighted by Crippen LogP contribution is 2.19. The van der Waals surface area contributed by atoms with Crippen molar-refractivity contribution in [1.82, 2.24) is 0 Å². The van der Waals surface area contributed by atoms with Gasteiger partial charge in [-0.3, -0.25) is 0 Å². The quantitative estimate of drug-likeness (QED) is 0.626. The van der Waals surface area contributed by atoms with Crippen LogP contribution in [0.25, 0.3) is 0 Å². The molecule has 0 aromatic heterocycles. The summed E-state index contributed by atoms with van der Waals surface area (Å²) >= 11 is 0. The molecule has 7 heteroatoms. The molecule has 0 saturated carbocycles. The second kappa shape index (κ2) is 10.1. The minimum atomic E-state index is -1.17. The largest absolute Gasteiger partial charge is 0.490 e. The Morgan fingerprint density at radius 3 is 2.33 bits per heavy atom. The molecule has 0 radical (unpaired) electrons. The molecule has 1 N–H and O–H groups in total. The topological polar surface area (TPSA) is 74.2 Å². The Balaban J connectivity index is 2.21. The molecule has 0 amide bonds. The minimum absolute atomic E-state index is 0.0116. The van der Waals surface area contributed by atoms with Gasteiger partial charge in [0.05, 0.1) is 33.0 Å². The Morgan fingerprint density at radius 1 is 1.10 bits per heavy atom. The van der Waals surface area contributed by atoms with Crippen molar-refractivity contribution in [3.05, 3.63) is 29.6 Å². The summed E-state index contributed by atoms with van der Waals surface area (Å²) in [5.74, 6) is -1.73. The van der Waals surface area contributed by atoms with Crippen molar-refractivity contribution in [1.29, 1.82) is 0 Å². The highest BCUT2D eigenvalue weighted by molar-refractivity contribution is 5.90. The van der Waals surface area contributed by atoms with Gasteiger partial charge in [-0.15, -0.1) is 0 Å². The summed E-state index contributed by atoms with van der Waals surface area (Å²) in [4.78, 5) is 10.9. The van der Waals surface area contributed by atoms with Gasteiger partial charge in [-0.2, -0.15) is 0 Å². The molecule has 6 nitrogen and oxygen atoms in total. The van der Waals surface area contributed by atoms with Crippen LogP contribution in [0.2, 0.25) is 0 Å². The number of ether oxygens (including phenoxy) is 4. The fourth-order valence-electron chi connectivity index (χ4n) is 1.47. The Labute approximate surface area is 122 Å². The van der Waals surface area contributed by atoms with Crippen LogP contribution in [-0.2, 0) is 14.2 Å². The van der Waals surface area contributed by atoms with E-state index >= 15 is 0 Å². The molecule has 21 heavy (non-hydrogen) atoms. The summed E-state index contributed by atoms with van der Waals surface area (Å²) in [6.07, 6.45) is 0. The highest BCUT2D eigenvalue weighted by Gasteiger charge is 2.12.